The Balaban J connectivity index is 1.48. The van der Waals surface area contributed by atoms with Crippen LogP contribution in [0.3, 0.4) is 0 Å². The second-order valence-electron chi connectivity index (χ2n) is 6.84. The summed E-state index contributed by atoms with van der Waals surface area (Å²) in [5, 5.41) is 2.95. The molecule has 0 bridgehead atoms. The molecule has 0 unspecified atom stereocenters. The number of anilines is 2. The highest BCUT2D eigenvalue weighted by Crippen LogP contribution is 2.23. The number of hydrogen-bond acceptors (Lipinski definition) is 5. The van der Waals surface area contributed by atoms with Crippen LogP contribution in [0.4, 0.5) is 11.4 Å². The van der Waals surface area contributed by atoms with Gasteiger partial charge >= 0.3 is 0 Å². The van der Waals surface area contributed by atoms with E-state index < -0.39 is 0 Å². The van der Waals surface area contributed by atoms with Crippen LogP contribution in [-0.2, 0) is 4.79 Å². The van der Waals surface area contributed by atoms with Gasteiger partial charge in [-0.2, -0.15) is 0 Å². The Bertz CT molecular complexity index is 765. The second kappa shape index (κ2) is 9.37. The average Bonchev–Trinajstić information content (AvgIpc) is 2.92. The molecule has 27 heavy (non-hydrogen) atoms. The van der Waals surface area contributed by atoms with Gasteiger partial charge in [0.15, 0.2) is 0 Å². The maximum Gasteiger partial charge on any atom is 0.225 e. The van der Waals surface area contributed by atoms with Crippen molar-refractivity contribution in [1.82, 2.24) is 9.88 Å². The van der Waals surface area contributed by atoms with E-state index in [-0.39, 0.29) is 5.91 Å². The normalized spacial score (nSPS) is 15.3. The SMILES string of the molecule is COc1ccccc1NC(=O)CCN1CCCN(c2ccnc(C)c2)CC1. The van der Waals surface area contributed by atoms with Crippen molar-refractivity contribution in [1.29, 1.82) is 0 Å². The van der Waals surface area contributed by atoms with E-state index in [1.807, 2.05) is 37.4 Å². The van der Waals surface area contributed by atoms with E-state index in [0.717, 1.165) is 50.5 Å². The number of rotatable bonds is 6. The molecule has 1 aromatic carbocycles. The van der Waals surface area contributed by atoms with Crippen molar-refractivity contribution >= 4 is 17.3 Å². The zero-order chi connectivity index (χ0) is 19.1. The Labute approximate surface area is 161 Å². The molecule has 3 rings (SSSR count). The summed E-state index contributed by atoms with van der Waals surface area (Å²) in [5.41, 5.74) is 3.00. The van der Waals surface area contributed by atoms with Crippen LogP contribution in [0.1, 0.15) is 18.5 Å². The monoisotopic (exact) mass is 368 g/mol. The zero-order valence-electron chi connectivity index (χ0n) is 16.1. The summed E-state index contributed by atoms with van der Waals surface area (Å²) in [6.07, 6.45) is 3.44. The predicted molar refractivity (Wildman–Crippen MR) is 108 cm³/mol. The lowest BCUT2D eigenvalue weighted by atomic mass is 10.2. The molecule has 1 N–H and O–H groups in total. The topological polar surface area (TPSA) is 57.7 Å². The summed E-state index contributed by atoms with van der Waals surface area (Å²) in [6.45, 7) is 6.77. The van der Waals surface area contributed by atoms with E-state index in [1.54, 1.807) is 7.11 Å². The molecule has 144 valence electrons. The Morgan fingerprint density at radius 2 is 2.04 bits per heavy atom. The van der Waals surface area contributed by atoms with Crippen LogP contribution in [0, 0.1) is 6.92 Å². The fraction of sp³-hybridized carbons (Fsp3) is 0.429. The van der Waals surface area contributed by atoms with Gasteiger partial charge in [0.25, 0.3) is 0 Å². The van der Waals surface area contributed by atoms with Crippen molar-refractivity contribution in [2.45, 2.75) is 19.8 Å². The van der Waals surface area contributed by atoms with E-state index in [2.05, 4.69) is 32.2 Å². The average molecular weight is 368 g/mol. The first kappa shape index (κ1) is 19.2. The molecule has 1 fully saturated rings. The molecule has 6 nitrogen and oxygen atoms in total. The summed E-state index contributed by atoms with van der Waals surface area (Å²) in [4.78, 5) is 21.4. The van der Waals surface area contributed by atoms with E-state index >= 15 is 0 Å². The number of carbonyl (C=O) groups is 1. The first-order chi connectivity index (χ1) is 13.2. The lowest BCUT2D eigenvalue weighted by molar-refractivity contribution is -0.116. The summed E-state index contributed by atoms with van der Waals surface area (Å²) in [6, 6.07) is 11.7. The number of aromatic nitrogens is 1. The Morgan fingerprint density at radius 1 is 1.19 bits per heavy atom. The van der Waals surface area contributed by atoms with E-state index in [9.17, 15) is 4.79 Å². The minimum absolute atomic E-state index is 0.0189. The summed E-state index contributed by atoms with van der Waals surface area (Å²) < 4.78 is 5.28. The van der Waals surface area contributed by atoms with Gasteiger partial charge in [-0.25, -0.2) is 0 Å². The number of pyridine rings is 1. The van der Waals surface area contributed by atoms with Crippen molar-refractivity contribution in [3.8, 4) is 5.75 Å². The smallest absolute Gasteiger partial charge is 0.225 e. The van der Waals surface area contributed by atoms with Gasteiger partial charge < -0.3 is 19.9 Å². The van der Waals surface area contributed by atoms with Crippen LogP contribution in [0.2, 0.25) is 0 Å². The van der Waals surface area contributed by atoms with Crippen molar-refractivity contribution < 1.29 is 9.53 Å². The van der Waals surface area contributed by atoms with Crippen LogP contribution >= 0.6 is 0 Å². The van der Waals surface area contributed by atoms with Gasteiger partial charge in [0.05, 0.1) is 12.8 Å². The molecule has 0 aliphatic carbocycles. The molecular formula is C21H28N4O2. The molecule has 0 atom stereocenters. The highest BCUT2D eigenvalue weighted by atomic mass is 16.5. The highest BCUT2D eigenvalue weighted by molar-refractivity contribution is 5.92. The number of benzene rings is 1. The number of hydrogen-bond donors (Lipinski definition) is 1. The van der Waals surface area contributed by atoms with E-state index in [0.29, 0.717) is 12.2 Å². The third-order valence-electron chi connectivity index (χ3n) is 4.87. The van der Waals surface area contributed by atoms with Crippen LogP contribution < -0.4 is 15.0 Å². The van der Waals surface area contributed by atoms with Gasteiger partial charge in [0.1, 0.15) is 5.75 Å². The number of carbonyl (C=O) groups excluding carboxylic acids is 1. The summed E-state index contributed by atoms with van der Waals surface area (Å²) in [5.74, 6) is 0.703. The maximum absolute atomic E-state index is 12.3. The molecule has 1 aliphatic rings. The quantitative estimate of drug-likeness (QED) is 0.850. The number of amides is 1. The first-order valence-electron chi connectivity index (χ1n) is 9.48. The standard InChI is InChI=1S/C21H28N4O2/c1-17-16-18(8-10-22-17)25-12-5-11-24(14-15-25)13-9-21(26)23-19-6-3-4-7-20(19)27-2/h3-4,6-8,10,16H,5,9,11-15H2,1-2H3,(H,23,26). The molecule has 0 saturated carbocycles. The molecule has 0 spiro atoms. The molecule has 1 saturated heterocycles. The Hall–Kier alpha value is -2.60. The minimum Gasteiger partial charge on any atom is -0.495 e. The number of nitrogens with zero attached hydrogens (tertiary/aromatic N) is 3. The highest BCUT2D eigenvalue weighted by Gasteiger charge is 2.16. The molecule has 0 radical (unpaired) electrons. The molecule has 2 aromatic rings. The van der Waals surface area contributed by atoms with E-state index in [4.69, 9.17) is 4.74 Å². The van der Waals surface area contributed by atoms with Crippen molar-refractivity contribution in [2.75, 3.05) is 50.1 Å². The second-order valence-corrected chi connectivity index (χ2v) is 6.84. The molecular weight excluding hydrogens is 340 g/mol. The van der Waals surface area contributed by atoms with Gasteiger partial charge in [-0.15, -0.1) is 0 Å². The van der Waals surface area contributed by atoms with E-state index in [1.165, 1.54) is 5.69 Å². The van der Waals surface area contributed by atoms with Crippen LogP contribution in [0.5, 0.6) is 5.75 Å². The zero-order valence-corrected chi connectivity index (χ0v) is 16.1. The van der Waals surface area contributed by atoms with Gasteiger partial charge in [0, 0.05) is 50.2 Å². The van der Waals surface area contributed by atoms with Crippen molar-refractivity contribution in [3.05, 3.63) is 48.3 Å². The molecule has 1 aliphatic heterocycles. The number of para-hydroxylation sites is 2. The first-order valence-corrected chi connectivity index (χ1v) is 9.48. The number of ether oxygens (including phenoxy) is 1. The van der Waals surface area contributed by atoms with Crippen LogP contribution in [0.15, 0.2) is 42.6 Å². The molecule has 1 aromatic heterocycles. The van der Waals surface area contributed by atoms with Crippen LogP contribution in [0.25, 0.3) is 0 Å². The summed E-state index contributed by atoms with van der Waals surface area (Å²) >= 11 is 0. The van der Waals surface area contributed by atoms with Gasteiger partial charge in [-0.3, -0.25) is 9.78 Å². The fourth-order valence-electron chi connectivity index (χ4n) is 3.40. The maximum atomic E-state index is 12.3. The Morgan fingerprint density at radius 3 is 2.85 bits per heavy atom. The molecule has 2 heterocycles. The number of nitrogens with one attached hydrogen (secondary N) is 1. The molecule has 6 heteroatoms. The number of methoxy groups -OCH3 is 1. The fourth-order valence-corrected chi connectivity index (χ4v) is 3.40. The minimum atomic E-state index is 0.0189. The lowest BCUT2D eigenvalue weighted by Gasteiger charge is -2.23. The van der Waals surface area contributed by atoms with Gasteiger partial charge in [-0.1, -0.05) is 12.1 Å². The third-order valence-corrected chi connectivity index (χ3v) is 4.87. The predicted octanol–water partition coefficient (Wildman–Crippen LogP) is 2.94. The van der Waals surface area contributed by atoms with Gasteiger partial charge in [0.2, 0.25) is 5.91 Å². The Kier molecular flexibility index (Phi) is 6.65. The van der Waals surface area contributed by atoms with Crippen molar-refractivity contribution in [3.63, 3.8) is 0 Å². The molecule has 1 amide bonds. The largest absolute Gasteiger partial charge is 0.495 e. The van der Waals surface area contributed by atoms with Gasteiger partial charge in [-0.05, 0) is 44.2 Å². The van der Waals surface area contributed by atoms with Crippen LogP contribution in [-0.4, -0.2) is 55.6 Å². The lowest BCUT2D eigenvalue weighted by Crippen LogP contribution is -2.32. The summed E-state index contributed by atoms with van der Waals surface area (Å²) in [7, 11) is 1.61. The third kappa shape index (κ3) is 5.44. The van der Waals surface area contributed by atoms with Crippen molar-refractivity contribution in [2.24, 2.45) is 0 Å². The number of aryl methyl sites for hydroxylation is 1.